The molecule has 0 bridgehead atoms. The number of aldehydes is 1. The Morgan fingerprint density at radius 1 is 1.53 bits per heavy atom. The Kier molecular flexibility index (Phi) is 4.24. The lowest BCUT2D eigenvalue weighted by Gasteiger charge is -2.20. The second-order valence-corrected chi connectivity index (χ2v) is 3.20. The minimum absolute atomic E-state index is 0.0936. The number of halogens is 1. The third-order valence-corrected chi connectivity index (χ3v) is 2.19. The van der Waals surface area contributed by atoms with E-state index in [0.717, 1.165) is 0 Å². The van der Waals surface area contributed by atoms with E-state index in [1.807, 2.05) is 0 Å². The van der Waals surface area contributed by atoms with Crippen molar-refractivity contribution < 1.29 is 13.9 Å². The van der Waals surface area contributed by atoms with Crippen molar-refractivity contribution in [3.05, 3.63) is 29.6 Å². The molecule has 0 saturated heterocycles. The molecule has 0 heterocycles. The van der Waals surface area contributed by atoms with Crippen molar-refractivity contribution in [2.45, 2.75) is 0 Å². The predicted octanol–water partition coefficient (Wildman–Crippen LogP) is 1.72. The molecule has 0 aliphatic heterocycles. The lowest BCUT2D eigenvalue weighted by atomic mass is 10.1. The topological polar surface area (TPSA) is 29.5 Å². The van der Waals surface area contributed by atoms with Crippen LogP contribution < -0.4 is 4.90 Å². The average Bonchev–Trinajstić information content (AvgIpc) is 2.25. The van der Waals surface area contributed by atoms with Crippen molar-refractivity contribution >= 4 is 12.0 Å². The summed E-state index contributed by atoms with van der Waals surface area (Å²) in [6, 6.07) is 4.57. The summed E-state index contributed by atoms with van der Waals surface area (Å²) in [5, 5.41) is 0. The van der Waals surface area contributed by atoms with Crippen molar-refractivity contribution in [3.8, 4) is 0 Å². The first-order valence-corrected chi connectivity index (χ1v) is 4.64. The zero-order chi connectivity index (χ0) is 11.3. The van der Waals surface area contributed by atoms with E-state index < -0.39 is 5.82 Å². The van der Waals surface area contributed by atoms with E-state index in [-0.39, 0.29) is 5.56 Å². The number of benzene rings is 1. The van der Waals surface area contributed by atoms with Gasteiger partial charge < -0.3 is 9.64 Å². The fourth-order valence-electron chi connectivity index (χ4n) is 1.32. The molecule has 82 valence electrons. The molecule has 0 aliphatic carbocycles. The molecule has 0 fully saturated rings. The molecule has 0 aromatic heterocycles. The molecule has 0 unspecified atom stereocenters. The van der Waals surface area contributed by atoms with Gasteiger partial charge in [0.2, 0.25) is 0 Å². The first-order valence-electron chi connectivity index (χ1n) is 4.64. The number of carbonyl (C=O) groups is 1. The molecule has 4 heteroatoms. The highest BCUT2D eigenvalue weighted by molar-refractivity contribution is 5.84. The molecule has 0 radical (unpaired) electrons. The highest BCUT2D eigenvalue weighted by atomic mass is 19.1. The second-order valence-electron chi connectivity index (χ2n) is 3.20. The SMILES string of the molecule is COCCN(C)c1cccc(F)c1C=O. The Hall–Kier alpha value is -1.42. The van der Waals surface area contributed by atoms with Gasteiger partial charge in [0.05, 0.1) is 17.9 Å². The molecule has 0 atom stereocenters. The van der Waals surface area contributed by atoms with Crippen LogP contribution in [0.25, 0.3) is 0 Å². The molecule has 0 saturated carbocycles. The van der Waals surface area contributed by atoms with Gasteiger partial charge in [-0.3, -0.25) is 4.79 Å². The fourth-order valence-corrected chi connectivity index (χ4v) is 1.32. The standard InChI is InChI=1S/C11H14FNO2/c1-13(6-7-15-2)11-5-3-4-10(12)9(11)8-14/h3-5,8H,6-7H2,1-2H3. The van der Waals surface area contributed by atoms with Gasteiger partial charge in [-0.25, -0.2) is 4.39 Å². The van der Waals surface area contributed by atoms with Crippen LogP contribution in [0.2, 0.25) is 0 Å². The van der Waals surface area contributed by atoms with E-state index in [4.69, 9.17) is 4.74 Å². The normalized spacial score (nSPS) is 10.1. The number of nitrogens with zero attached hydrogens (tertiary/aromatic N) is 1. The van der Waals surface area contributed by atoms with Crippen LogP contribution in [0.5, 0.6) is 0 Å². The van der Waals surface area contributed by atoms with Gasteiger partial charge in [0, 0.05) is 20.7 Å². The maximum absolute atomic E-state index is 13.2. The van der Waals surface area contributed by atoms with Crippen LogP contribution in [0.1, 0.15) is 10.4 Å². The van der Waals surface area contributed by atoms with E-state index in [2.05, 4.69) is 0 Å². The van der Waals surface area contributed by atoms with Crippen molar-refractivity contribution in [3.63, 3.8) is 0 Å². The molecule has 0 spiro atoms. The summed E-state index contributed by atoms with van der Waals surface area (Å²) in [6.45, 7) is 1.14. The van der Waals surface area contributed by atoms with Crippen LogP contribution >= 0.6 is 0 Å². The van der Waals surface area contributed by atoms with Gasteiger partial charge in [0.25, 0.3) is 0 Å². The lowest BCUT2D eigenvalue weighted by Crippen LogP contribution is -2.23. The molecule has 15 heavy (non-hydrogen) atoms. The van der Waals surface area contributed by atoms with E-state index in [9.17, 15) is 9.18 Å². The summed E-state index contributed by atoms with van der Waals surface area (Å²) < 4.78 is 18.2. The number of hydrogen-bond acceptors (Lipinski definition) is 3. The average molecular weight is 211 g/mol. The maximum Gasteiger partial charge on any atom is 0.155 e. The molecular weight excluding hydrogens is 197 g/mol. The number of carbonyl (C=O) groups excluding carboxylic acids is 1. The quantitative estimate of drug-likeness (QED) is 0.694. The first kappa shape index (κ1) is 11.7. The van der Waals surface area contributed by atoms with Crippen LogP contribution in [-0.2, 0) is 4.74 Å². The molecule has 1 aromatic rings. The highest BCUT2D eigenvalue weighted by Crippen LogP contribution is 2.20. The van der Waals surface area contributed by atoms with Crippen LogP contribution in [0, 0.1) is 5.82 Å². The second kappa shape index (κ2) is 5.46. The third kappa shape index (κ3) is 2.76. The van der Waals surface area contributed by atoms with Crippen molar-refractivity contribution in [1.29, 1.82) is 0 Å². The van der Waals surface area contributed by atoms with Crippen LogP contribution in [0.15, 0.2) is 18.2 Å². The van der Waals surface area contributed by atoms with Gasteiger partial charge in [-0.2, -0.15) is 0 Å². The maximum atomic E-state index is 13.2. The molecular formula is C11H14FNO2. The lowest BCUT2D eigenvalue weighted by molar-refractivity contribution is 0.112. The molecule has 1 rings (SSSR count). The molecule has 3 nitrogen and oxygen atoms in total. The van der Waals surface area contributed by atoms with Gasteiger partial charge in [-0.1, -0.05) is 6.07 Å². The van der Waals surface area contributed by atoms with Gasteiger partial charge in [-0.05, 0) is 12.1 Å². The number of ether oxygens (including phenoxy) is 1. The zero-order valence-corrected chi connectivity index (χ0v) is 8.87. The van der Waals surface area contributed by atoms with Gasteiger partial charge in [0.1, 0.15) is 5.82 Å². The Morgan fingerprint density at radius 3 is 2.87 bits per heavy atom. The van der Waals surface area contributed by atoms with Gasteiger partial charge in [-0.15, -0.1) is 0 Å². The number of rotatable bonds is 5. The zero-order valence-electron chi connectivity index (χ0n) is 8.87. The Balaban J connectivity index is 2.92. The van der Waals surface area contributed by atoms with Gasteiger partial charge in [0.15, 0.2) is 6.29 Å². The Morgan fingerprint density at radius 2 is 2.27 bits per heavy atom. The van der Waals surface area contributed by atoms with E-state index in [1.54, 1.807) is 31.2 Å². The summed E-state index contributed by atoms with van der Waals surface area (Å²) in [5.74, 6) is -0.494. The number of anilines is 1. The highest BCUT2D eigenvalue weighted by Gasteiger charge is 2.10. The first-order chi connectivity index (χ1) is 7.20. The summed E-state index contributed by atoms with van der Waals surface area (Å²) in [6.07, 6.45) is 0.536. The van der Waals surface area contributed by atoms with E-state index >= 15 is 0 Å². The number of likely N-dealkylation sites (N-methyl/N-ethyl adjacent to an activating group) is 1. The number of hydrogen-bond donors (Lipinski definition) is 0. The van der Waals surface area contributed by atoms with Crippen molar-refractivity contribution in [1.82, 2.24) is 0 Å². The predicted molar refractivity (Wildman–Crippen MR) is 56.9 cm³/mol. The third-order valence-electron chi connectivity index (χ3n) is 2.19. The minimum atomic E-state index is -0.494. The van der Waals surface area contributed by atoms with Crippen LogP contribution in [0.3, 0.4) is 0 Å². The number of methoxy groups -OCH3 is 1. The smallest absolute Gasteiger partial charge is 0.155 e. The van der Waals surface area contributed by atoms with E-state index in [1.165, 1.54) is 6.07 Å². The summed E-state index contributed by atoms with van der Waals surface area (Å²) >= 11 is 0. The Labute approximate surface area is 88.5 Å². The summed E-state index contributed by atoms with van der Waals surface area (Å²) in [4.78, 5) is 12.5. The Bertz CT molecular complexity index is 341. The van der Waals surface area contributed by atoms with Crippen molar-refractivity contribution in [2.75, 3.05) is 32.2 Å². The van der Waals surface area contributed by atoms with E-state index in [0.29, 0.717) is 25.1 Å². The minimum Gasteiger partial charge on any atom is -0.383 e. The van der Waals surface area contributed by atoms with Crippen LogP contribution in [0.4, 0.5) is 10.1 Å². The molecule has 0 N–H and O–H groups in total. The summed E-state index contributed by atoms with van der Waals surface area (Å²) in [5.41, 5.74) is 0.679. The monoisotopic (exact) mass is 211 g/mol. The molecule has 0 amide bonds. The summed E-state index contributed by atoms with van der Waals surface area (Å²) in [7, 11) is 3.39. The molecule has 0 aliphatic rings. The molecule has 1 aromatic carbocycles. The fraction of sp³-hybridized carbons (Fsp3) is 0.364. The van der Waals surface area contributed by atoms with Crippen LogP contribution in [-0.4, -0.2) is 33.6 Å². The van der Waals surface area contributed by atoms with Crippen molar-refractivity contribution in [2.24, 2.45) is 0 Å². The van der Waals surface area contributed by atoms with Gasteiger partial charge >= 0.3 is 0 Å². The largest absolute Gasteiger partial charge is 0.383 e.